The lowest BCUT2D eigenvalue weighted by Crippen LogP contribution is -2.33. The molecule has 1 fully saturated rings. The molecule has 8 heteroatoms. The summed E-state index contributed by atoms with van der Waals surface area (Å²) in [5, 5.41) is 6.82. The highest BCUT2D eigenvalue weighted by atomic mass is 32.1. The first kappa shape index (κ1) is 17.3. The maximum absolute atomic E-state index is 12.1. The van der Waals surface area contributed by atoms with Gasteiger partial charge in [0, 0.05) is 19.0 Å². The van der Waals surface area contributed by atoms with E-state index in [9.17, 15) is 9.59 Å². The molecule has 24 heavy (non-hydrogen) atoms. The Labute approximate surface area is 145 Å². The first-order valence-electron chi connectivity index (χ1n) is 8.23. The van der Waals surface area contributed by atoms with Crippen LogP contribution in [0.1, 0.15) is 39.9 Å². The Morgan fingerprint density at radius 3 is 2.75 bits per heavy atom. The SMILES string of the molecule is CN(C)CCNC1OCCc2c1sc(NC(=O)C1CC1)c2C(N)=O. The van der Waals surface area contributed by atoms with E-state index in [-0.39, 0.29) is 18.1 Å². The Kier molecular flexibility index (Phi) is 5.19. The van der Waals surface area contributed by atoms with E-state index >= 15 is 0 Å². The van der Waals surface area contributed by atoms with Crippen molar-refractivity contribution < 1.29 is 14.3 Å². The lowest BCUT2D eigenvalue weighted by Gasteiger charge is -2.25. The molecule has 2 aliphatic rings. The standard InChI is InChI=1S/C16H24N4O3S/c1-20(2)7-6-18-15-12-10(5-8-23-15)11(13(17)21)16(24-12)19-14(22)9-3-4-9/h9,15,18H,3-8H2,1-2H3,(H2,17,21)(H,19,22). The van der Waals surface area contributed by atoms with Crippen LogP contribution < -0.4 is 16.4 Å². The number of carbonyl (C=O) groups excluding carboxylic acids is 2. The largest absolute Gasteiger partial charge is 0.365 e. The molecule has 0 spiro atoms. The second kappa shape index (κ2) is 7.18. The van der Waals surface area contributed by atoms with E-state index < -0.39 is 5.91 Å². The van der Waals surface area contributed by atoms with Crippen LogP contribution in [0.15, 0.2) is 0 Å². The fourth-order valence-electron chi connectivity index (χ4n) is 2.78. The minimum absolute atomic E-state index is 0.0193. The summed E-state index contributed by atoms with van der Waals surface area (Å²) in [6.07, 6.45) is 2.21. The normalized spacial score (nSPS) is 20.0. The number of anilines is 1. The third kappa shape index (κ3) is 3.77. The molecule has 1 aliphatic heterocycles. The van der Waals surface area contributed by atoms with E-state index in [4.69, 9.17) is 10.5 Å². The highest BCUT2D eigenvalue weighted by Gasteiger charge is 2.34. The topological polar surface area (TPSA) is 96.7 Å². The summed E-state index contributed by atoms with van der Waals surface area (Å²) in [7, 11) is 4.02. The quantitative estimate of drug-likeness (QED) is 0.678. The van der Waals surface area contributed by atoms with Gasteiger partial charge in [0.05, 0.1) is 17.0 Å². The van der Waals surface area contributed by atoms with E-state index in [1.165, 1.54) is 11.3 Å². The van der Waals surface area contributed by atoms with Crippen molar-refractivity contribution in [3.05, 3.63) is 16.0 Å². The molecule has 2 heterocycles. The van der Waals surface area contributed by atoms with E-state index in [1.54, 1.807) is 0 Å². The number of rotatable bonds is 7. The molecule has 0 aromatic carbocycles. The predicted molar refractivity (Wildman–Crippen MR) is 93.1 cm³/mol. The van der Waals surface area contributed by atoms with Gasteiger partial charge in [0.1, 0.15) is 11.2 Å². The average molecular weight is 352 g/mol. The minimum atomic E-state index is -0.493. The molecule has 0 saturated heterocycles. The number of thiophene rings is 1. The molecule has 1 aromatic rings. The summed E-state index contributed by atoms with van der Waals surface area (Å²) in [6, 6.07) is 0. The van der Waals surface area contributed by atoms with Crippen LogP contribution in [-0.2, 0) is 16.0 Å². The van der Waals surface area contributed by atoms with Gasteiger partial charge >= 0.3 is 0 Å². The van der Waals surface area contributed by atoms with E-state index in [1.807, 2.05) is 14.1 Å². The molecule has 3 rings (SSSR count). The zero-order valence-corrected chi connectivity index (χ0v) is 14.9. The molecular formula is C16H24N4O3S. The molecule has 0 radical (unpaired) electrons. The van der Waals surface area contributed by atoms with Crippen molar-refractivity contribution in [1.82, 2.24) is 10.2 Å². The molecule has 0 bridgehead atoms. The predicted octanol–water partition coefficient (Wildman–Crippen LogP) is 0.918. The summed E-state index contributed by atoms with van der Waals surface area (Å²) in [5.74, 6) is -0.434. The van der Waals surface area contributed by atoms with Gasteiger partial charge in [-0.15, -0.1) is 11.3 Å². The third-order valence-electron chi connectivity index (χ3n) is 4.23. The van der Waals surface area contributed by atoms with Crippen LogP contribution in [0.5, 0.6) is 0 Å². The summed E-state index contributed by atoms with van der Waals surface area (Å²) in [4.78, 5) is 27.1. The molecule has 1 atom stereocenters. The maximum atomic E-state index is 12.1. The zero-order chi connectivity index (χ0) is 17.3. The van der Waals surface area contributed by atoms with Crippen LogP contribution in [-0.4, -0.2) is 50.5 Å². The first-order valence-corrected chi connectivity index (χ1v) is 9.05. The Balaban J connectivity index is 1.82. The van der Waals surface area contributed by atoms with Crippen molar-refractivity contribution in [3.8, 4) is 0 Å². The summed E-state index contributed by atoms with van der Waals surface area (Å²) < 4.78 is 5.82. The lowest BCUT2D eigenvalue weighted by atomic mass is 10.0. The van der Waals surface area contributed by atoms with E-state index in [2.05, 4.69) is 15.5 Å². The van der Waals surface area contributed by atoms with Gasteiger partial charge in [-0.3, -0.25) is 14.9 Å². The van der Waals surface area contributed by atoms with Gasteiger partial charge < -0.3 is 20.7 Å². The van der Waals surface area contributed by atoms with Crippen LogP contribution in [0.25, 0.3) is 0 Å². The van der Waals surface area contributed by atoms with Crippen LogP contribution in [0.3, 0.4) is 0 Å². The zero-order valence-electron chi connectivity index (χ0n) is 14.1. The Hall–Kier alpha value is -1.48. The number of likely N-dealkylation sites (N-methyl/N-ethyl adjacent to an activating group) is 1. The average Bonchev–Trinajstić information content (AvgIpc) is 3.28. The van der Waals surface area contributed by atoms with Crippen molar-refractivity contribution in [2.45, 2.75) is 25.5 Å². The molecule has 1 saturated carbocycles. The van der Waals surface area contributed by atoms with Gasteiger partial charge in [-0.1, -0.05) is 0 Å². The second-order valence-corrected chi connectivity index (χ2v) is 7.59. The second-order valence-electron chi connectivity index (χ2n) is 6.53. The number of primary amides is 1. The van der Waals surface area contributed by atoms with Crippen molar-refractivity contribution in [2.24, 2.45) is 11.7 Å². The minimum Gasteiger partial charge on any atom is -0.365 e. The smallest absolute Gasteiger partial charge is 0.251 e. The molecule has 7 nitrogen and oxygen atoms in total. The van der Waals surface area contributed by atoms with E-state index in [0.29, 0.717) is 23.6 Å². The van der Waals surface area contributed by atoms with Crippen molar-refractivity contribution in [2.75, 3.05) is 39.1 Å². The fraction of sp³-hybridized carbons (Fsp3) is 0.625. The highest BCUT2D eigenvalue weighted by molar-refractivity contribution is 7.17. The number of nitrogens with one attached hydrogen (secondary N) is 2. The van der Waals surface area contributed by atoms with Gasteiger partial charge in [0.15, 0.2) is 0 Å². The molecule has 132 valence electrons. The number of carbonyl (C=O) groups is 2. The first-order chi connectivity index (χ1) is 11.5. The Morgan fingerprint density at radius 1 is 1.38 bits per heavy atom. The van der Waals surface area contributed by atoms with Gasteiger partial charge in [-0.05, 0) is 38.9 Å². The molecular weight excluding hydrogens is 328 g/mol. The molecule has 1 aromatic heterocycles. The number of fused-ring (bicyclic) bond motifs is 1. The maximum Gasteiger partial charge on any atom is 0.251 e. The number of hydrogen-bond acceptors (Lipinski definition) is 6. The van der Waals surface area contributed by atoms with Gasteiger partial charge in [-0.25, -0.2) is 0 Å². The van der Waals surface area contributed by atoms with Crippen molar-refractivity contribution in [1.29, 1.82) is 0 Å². The van der Waals surface area contributed by atoms with Crippen molar-refractivity contribution >= 4 is 28.2 Å². The van der Waals surface area contributed by atoms with Gasteiger partial charge in [-0.2, -0.15) is 0 Å². The summed E-state index contributed by atoms with van der Waals surface area (Å²) >= 11 is 1.40. The number of hydrogen-bond donors (Lipinski definition) is 3. The van der Waals surface area contributed by atoms with Gasteiger partial charge in [0.2, 0.25) is 5.91 Å². The third-order valence-corrected chi connectivity index (χ3v) is 5.42. The molecule has 2 amide bonds. The number of amides is 2. The van der Waals surface area contributed by atoms with Crippen LogP contribution in [0, 0.1) is 5.92 Å². The molecule has 1 aliphatic carbocycles. The number of ether oxygens (including phenoxy) is 1. The molecule has 4 N–H and O–H groups in total. The van der Waals surface area contributed by atoms with Crippen LogP contribution >= 0.6 is 11.3 Å². The van der Waals surface area contributed by atoms with Crippen LogP contribution in [0.2, 0.25) is 0 Å². The number of nitrogens with zero attached hydrogens (tertiary/aromatic N) is 1. The summed E-state index contributed by atoms with van der Waals surface area (Å²) in [6.45, 7) is 2.18. The fourth-order valence-corrected chi connectivity index (χ4v) is 4.06. The Bertz CT molecular complexity index is 640. The van der Waals surface area contributed by atoms with Gasteiger partial charge in [0.25, 0.3) is 5.91 Å². The van der Waals surface area contributed by atoms with E-state index in [0.717, 1.165) is 36.4 Å². The van der Waals surface area contributed by atoms with Crippen LogP contribution in [0.4, 0.5) is 5.00 Å². The molecule has 1 unspecified atom stereocenters. The van der Waals surface area contributed by atoms with Crippen molar-refractivity contribution in [3.63, 3.8) is 0 Å². The monoisotopic (exact) mass is 352 g/mol. The summed E-state index contributed by atoms with van der Waals surface area (Å²) in [5.41, 5.74) is 6.94. The Morgan fingerprint density at radius 2 is 2.12 bits per heavy atom. The number of nitrogens with two attached hydrogens (primary N) is 1. The lowest BCUT2D eigenvalue weighted by molar-refractivity contribution is -0.117. The highest BCUT2D eigenvalue weighted by Crippen LogP contribution is 2.41.